The van der Waals surface area contributed by atoms with Crippen molar-refractivity contribution in [2.45, 2.75) is 18.2 Å². The highest BCUT2D eigenvalue weighted by Gasteiger charge is 2.19. The van der Waals surface area contributed by atoms with E-state index in [1.165, 1.54) is 24.3 Å². The Labute approximate surface area is 171 Å². The Balaban J connectivity index is 1.51. The van der Waals surface area contributed by atoms with Crippen LogP contribution >= 0.6 is 34.3 Å². The van der Waals surface area contributed by atoms with Crippen LogP contribution in [0.4, 0.5) is 0 Å². The maximum absolute atomic E-state index is 12.2. The number of thiazole rings is 1. The molecule has 1 aromatic carbocycles. The van der Waals surface area contributed by atoms with Crippen molar-refractivity contribution in [3.63, 3.8) is 0 Å². The van der Waals surface area contributed by atoms with Crippen LogP contribution < -0.4 is 5.32 Å². The zero-order valence-electron chi connectivity index (χ0n) is 14.4. The molecule has 0 aliphatic rings. The number of carbonyl (C=O) groups is 1. The van der Waals surface area contributed by atoms with Crippen LogP contribution in [0.15, 0.2) is 46.7 Å². The lowest BCUT2D eigenvalue weighted by Crippen LogP contribution is -2.31. The number of benzene rings is 1. The largest absolute Gasteiger partial charge is 0.355 e. The summed E-state index contributed by atoms with van der Waals surface area (Å²) in [4.78, 5) is 18.7. The van der Waals surface area contributed by atoms with E-state index in [9.17, 15) is 13.2 Å². The van der Waals surface area contributed by atoms with Gasteiger partial charge in [0.2, 0.25) is 5.91 Å². The lowest BCUT2D eigenvalue weighted by Gasteiger charge is -2.06. The Morgan fingerprint density at radius 2 is 1.93 bits per heavy atom. The van der Waals surface area contributed by atoms with Crippen molar-refractivity contribution >= 4 is 50.0 Å². The van der Waals surface area contributed by atoms with Crippen molar-refractivity contribution in [1.29, 1.82) is 0 Å². The SMILES string of the molecule is Cc1nc(-c2ccc(CCNC(=O)CS(=O)(=O)c3ccc(Cl)cc3)s2)cs1. The molecule has 0 radical (unpaired) electrons. The summed E-state index contributed by atoms with van der Waals surface area (Å²) in [6, 6.07) is 9.80. The number of hydrogen-bond donors (Lipinski definition) is 1. The van der Waals surface area contributed by atoms with Crippen molar-refractivity contribution < 1.29 is 13.2 Å². The molecule has 0 unspecified atom stereocenters. The maximum Gasteiger partial charge on any atom is 0.235 e. The summed E-state index contributed by atoms with van der Waals surface area (Å²) in [5.41, 5.74) is 0.965. The van der Waals surface area contributed by atoms with Gasteiger partial charge in [0.05, 0.1) is 20.5 Å². The van der Waals surface area contributed by atoms with Crippen LogP contribution in [0.1, 0.15) is 9.88 Å². The normalized spacial score (nSPS) is 11.5. The monoisotopic (exact) mass is 440 g/mol. The van der Waals surface area contributed by atoms with Gasteiger partial charge in [-0.15, -0.1) is 22.7 Å². The average Bonchev–Trinajstić information content (AvgIpc) is 3.24. The Hall–Kier alpha value is -1.74. The van der Waals surface area contributed by atoms with Gasteiger partial charge in [0.1, 0.15) is 5.75 Å². The molecule has 2 heterocycles. The van der Waals surface area contributed by atoms with Gasteiger partial charge in [-0.05, 0) is 49.7 Å². The van der Waals surface area contributed by atoms with Crippen molar-refractivity contribution in [3.8, 4) is 10.6 Å². The molecule has 0 spiro atoms. The quantitative estimate of drug-likeness (QED) is 0.603. The molecule has 27 heavy (non-hydrogen) atoms. The first-order valence-electron chi connectivity index (χ1n) is 8.10. The molecule has 0 aliphatic heterocycles. The van der Waals surface area contributed by atoms with Crippen LogP contribution in [0, 0.1) is 6.92 Å². The first-order chi connectivity index (χ1) is 12.8. The first-order valence-corrected chi connectivity index (χ1v) is 11.8. The Morgan fingerprint density at radius 3 is 2.59 bits per heavy atom. The summed E-state index contributed by atoms with van der Waals surface area (Å²) < 4.78 is 24.5. The minimum absolute atomic E-state index is 0.0866. The van der Waals surface area contributed by atoms with Gasteiger partial charge in [-0.2, -0.15) is 0 Å². The number of nitrogens with zero attached hydrogens (tertiary/aromatic N) is 1. The smallest absolute Gasteiger partial charge is 0.235 e. The molecule has 142 valence electrons. The second-order valence-corrected chi connectivity index (χ2v) is 10.5. The van der Waals surface area contributed by atoms with E-state index in [4.69, 9.17) is 11.6 Å². The predicted molar refractivity (Wildman–Crippen MR) is 110 cm³/mol. The molecule has 3 rings (SSSR count). The number of halogens is 1. The molecule has 1 N–H and O–H groups in total. The maximum atomic E-state index is 12.2. The number of carbonyl (C=O) groups excluding carboxylic acids is 1. The van der Waals surface area contributed by atoms with Crippen LogP contribution in [-0.4, -0.2) is 31.6 Å². The standard InChI is InChI=1S/C18H17ClN2O3S3/c1-12-21-16(10-25-12)17-7-4-14(26-17)8-9-20-18(22)11-27(23,24)15-5-2-13(19)3-6-15/h2-7,10H,8-9,11H2,1H3,(H,20,22). The van der Waals surface area contributed by atoms with Gasteiger partial charge in [-0.25, -0.2) is 13.4 Å². The van der Waals surface area contributed by atoms with E-state index < -0.39 is 21.5 Å². The topological polar surface area (TPSA) is 76.1 Å². The minimum Gasteiger partial charge on any atom is -0.355 e. The fourth-order valence-electron chi connectivity index (χ4n) is 2.40. The number of thiophene rings is 1. The third-order valence-corrected chi connectivity index (χ3v) is 7.55. The van der Waals surface area contributed by atoms with E-state index in [-0.39, 0.29) is 4.90 Å². The van der Waals surface area contributed by atoms with Crippen molar-refractivity contribution in [1.82, 2.24) is 10.3 Å². The first kappa shape index (κ1) is 20.0. The van der Waals surface area contributed by atoms with Crippen molar-refractivity contribution in [3.05, 3.63) is 56.7 Å². The number of rotatable bonds is 7. The molecule has 0 fully saturated rings. The van der Waals surface area contributed by atoms with E-state index in [1.807, 2.05) is 24.4 Å². The number of aromatic nitrogens is 1. The number of sulfone groups is 1. The Bertz CT molecular complexity index is 1040. The molecule has 9 heteroatoms. The third kappa shape index (κ3) is 5.38. The highest BCUT2D eigenvalue weighted by atomic mass is 35.5. The van der Waals surface area contributed by atoms with Crippen molar-refractivity contribution in [2.24, 2.45) is 0 Å². The van der Waals surface area contributed by atoms with Gasteiger partial charge in [-0.3, -0.25) is 4.79 Å². The van der Waals surface area contributed by atoms with Crippen LogP contribution in [0.5, 0.6) is 0 Å². The van der Waals surface area contributed by atoms with Crippen molar-refractivity contribution in [2.75, 3.05) is 12.3 Å². The van der Waals surface area contributed by atoms with E-state index in [0.29, 0.717) is 18.0 Å². The molecule has 3 aromatic rings. The molecule has 0 bridgehead atoms. The van der Waals surface area contributed by atoms with Crippen LogP contribution in [0.3, 0.4) is 0 Å². The molecule has 0 aliphatic carbocycles. The van der Waals surface area contributed by atoms with Crippen LogP contribution in [-0.2, 0) is 21.1 Å². The van der Waals surface area contributed by atoms with E-state index in [0.717, 1.165) is 20.5 Å². The summed E-state index contributed by atoms with van der Waals surface area (Å²) in [5.74, 6) is -1.10. The molecule has 2 aromatic heterocycles. The second kappa shape index (κ2) is 8.52. The Kier molecular flexibility index (Phi) is 6.31. The fraction of sp³-hybridized carbons (Fsp3) is 0.222. The number of amides is 1. The fourth-order valence-corrected chi connectivity index (χ4v) is 5.35. The minimum atomic E-state index is -3.68. The number of aryl methyl sites for hydroxylation is 1. The highest BCUT2D eigenvalue weighted by molar-refractivity contribution is 7.92. The lowest BCUT2D eigenvalue weighted by molar-refractivity contribution is -0.118. The molecular formula is C18H17ClN2O3S3. The molecule has 0 atom stereocenters. The van der Waals surface area contributed by atoms with E-state index >= 15 is 0 Å². The molecular weight excluding hydrogens is 424 g/mol. The van der Waals surface area contributed by atoms with Crippen LogP contribution in [0.25, 0.3) is 10.6 Å². The molecule has 0 saturated carbocycles. The third-order valence-electron chi connectivity index (χ3n) is 3.72. The summed E-state index contributed by atoms with van der Waals surface area (Å²) in [6.45, 7) is 2.35. The number of hydrogen-bond acceptors (Lipinski definition) is 6. The van der Waals surface area contributed by atoms with Gasteiger partial charge in [-0.1, -0.05) is 11.6 Å². The molecule has 0 saturated heterocycles. The lowest BCUT2D eigenvalue weighted by atomic mass is 10.3. The summed E-state index contributed by atoms with van der Waals surface area (Å²) in [5, 5.41) is 6.16. The number of nitrogens with one attached hydrogen (secondary N) is 1. The molecule has 5 nitrogen and oxygen atoms in total. The van der Waals surface area contributed by atoms with Gasteiger partial charge >= 0.3 is 0 Å². The summed E-state index contributed by atoms with van der Waals surface area (Å²) in [6.07, 6.45) is 0.639. The second-order valence-electron chi connectivity index (χ2n) is 5.83. The predicted octanol–water partition coefficient (Wildman–Crippen LogP) is 3.97. The summed E-state index contributed by atoms with van der Waals surface area (Å²) >= 11 is 8.99. The highest BCUT2D eigenvalue weighted by Crippen LogP contribution is 2.29. The van der Waals surface area contributed by atoms with Gasteiger partial charge < -0.3 is 5.32 Å². The zero-order valence-corrected chi connectivity index (χ0v) is 17.6. The van der Waals surface area contributed by atoms with E-state index in [2.05, 4.69) is 10.3 Å². The Morgan fingerprint density at radius 1 is 1.19 bits per heavy atom. The molecule has 1 amide bonds. The summed E-state index contributed by atoms with van der Waals surface area (Å²) in [7, 11) is -3.68. The van der Waals surface area contributed by atoms with Gasteiger partial charge in [0.25, 0.3) is 0 Å². The van der Waals surface area contributed by atoms with Gasteiger partial charge in [0.15, 0.2) is 9.84 Å². The van der Waals surface area contributed by atoms with Crippen LogP contribution in [0.2, 0.25) is 5.02 Å². The van der Waals surface area contributed by atoms with Gasteiger partial charge in [0, 0.05) is 21.8 Å². The van der Waals surface area contributed by atoms with E-state index in [1.54, 1.807) is 22.7 Å². The average molecular weight is 441 g/mol. The zero-order chi connectivity index (χ0) is 19.4.